The summed E-state index contributed by atoms with van der Waals surface area (Å²) in [5.74, 6) is 0.770. The molecule has 2 heterocycles. The molecular formula is C15H17N5O2. The number of hydrogen-bond acceptors (Lipinski definition) is 6. The lowest BCUT2D eigenvalue weighted by Gasteiger charge is -2.21. The van der Waals surface area contributed by atoms with Crippen LogP contribution in [0.1, 0.15) is 12.5 Å². The van der Waals surface area contributed by atoms with Crippen molar-refractivity contribution in [2.45, 2.75) is 12.5 Å². The van der Waals surface area contributed by atoms with Gasteiger partial charge in [0.25, 0.3) is 11.8 Å². The maximum absolute atomic E-state index is 10.5. The molecule has 3 aromatic rings. The Balaban J connectivity index is 1.68. The number of nitrogens with zero attached hydrogens (tertiary/aromatic N) is 4. The molecule has 1 aromatic carbocycles. The average Bonchev–Trinajstić information content (AvgIpc) is 3.15. The van der Waals surface area contributed by atoms with E-state index in [4.69, 9.17) is 4.52 Å². The van der Waals surface area contributed by atoms with Crippen LogP contribution in [0.5, 0.6) is 0 Å². The number of hydrogen-bond donors (Lipinski definition) is 2. The number of aromatic nitrogens is 4. The second kappa shape index (κ2) is 5.61. The normalized spacial score (nSPS) is 13.8. The van der Waals surface area contributed by atoms with Crippen LogP contribution in [0.2, 0.25) is 0 Å². The van der Waals surface area contributed by atoms with Crippen molar-refractivity contribution >= 4 is 5.95 Å². The smallest absolute Gasteiger partial charge is 0.263 e. The number of aliphatic hydroxyl groups is 1. The molecule has 0 radical (unpaired) electrons. The summed E-state index contributed by atoms with van der Waals surface area (Å²) in [5.41, 5.74) is 0.485. The van der Waals surface area contributed by atoms with Crippen LogP contribution in [0, 0.1) is 0 Å². The molecule has 0 saturated carbocycles. The van der Waals surface area contributed by atoms with Gasteiger partial charge >= 0.3 is 0 Å². The Kier molecular flexibility index (Phi) is 3.64. The number of benzene rings is 1. The first-order chi connectivity index (χ1) is 10.5. The molecule has 2 aromatic heterocycles. The molecule has 114 valence electrons. The molecule has 0 aliphatic rings. The Labute approximate surface area is 127 Å². The zero-order valence-electron chi connectivity index (χ0n) is 12.4. The molecule has 0 spiro atoms. The van der Waals surface area contributed by atoms with Gasteiger partial charge in [-0.05, 0) is 24.2 Å². The summed E-state index contributed by atoms with van der Waals surface area (Å²) in [6, 6.07) is 9.51. The molecule has 3 rings (SSSR count). The van der Waals surface area contributed by atoms with Crippen molar-refractivity contribution in [2.24, 2.45) is 7.05 Å². The van der Waals surface area contributed by atoms with E-state index in [9.17, 15) is 5.11 Å². The molecule has 7 heteroatoms. The number of rotatable bonds is 5. The van der Waals surface area contributed by atoms with Gasteiger partial charge in [-0.15, -0.1) is 0 Å². The van der Waals surface area contributed by atoms with Gasteiger partial charge < -0.3 is 14.9 Å². The van der Waals surface area contributed by atoms with Crippen LogP contribution in [0.3, 0.4) is 0 Å². The highest BCUT2D eigenvalue weighted by molar-refractivity contribution is 5.53. The topological polar surface area (TPSA) is 89.0 Å². The minimum absolute atomic E-state index is 0.243. The number of anilines is 1. The van der Waals surface area contributed by atoms with Gasteiger partial charge in [-0.1, -0.05) is 18.2 Å². The third-order valence-electron chi connectivity index (χ3n) is 3.36. The van der Waals surface area contributed by atoms with Gasteiger partial charge in [0.1, 0.15) is 5.60 Å². The maximum atomic E-state index is 10.5. The van der Waals surface area contributed by atoms with Crippen LogP contribution in [-0.4, -0.2) is 31.6 Å². The van der Waals surface area contributed by atoms with Crippen LogP contribution in [0.15, 0.2) is 47.2 Å². The van der Waals surface area contributed by atoms with E-state index >= 15 is 0 Å². The predicted molar refractivity (Wildman–Crippen MR) is 81.0 cm³/mol. The SMILES string of the molecule is Cn1cc(C(C)(O)CNc2noc(-c3ccccc3)n2)cn1. The van der Waals surface area contributed by atoms with Crippen molar-refractivity contribution in [1.82, 2.24) is 19.9 Å². The minimum atomic E-state index is -1.08. The van der Waals surface area contributed by atoms with Gasteiger partial charge in [0, 0.05) is 24.4 Å². The van der Waals surface area contributed by atoms with Crippen LogP contribution >= 0.6 is 0 Å². The number of aryl methyl sites for hydroxylation is 1. The van der Waals surface area contributed by atoms with Crippen LogP contribution < -0.4 is 5.32 Å². The molecule has 22 heavy (non-hydrogen) atoms. The van der Waals surface area contributed by atoms with Crippen molar-refractivity contribution in [2.75, 3.05) is 11.9 Å². The van der Waals surface area contributed by atoms with Gasteiger partial charge in [0.2, 0.25) is 0 Å². The summed E-state index contributed by atoms with van der Waals surface area (Å²) < 4.78 is 6.85. The van der Waals surface area contributed by atoms with E-state index in [1.807, 2.05) is 30.3 Å². The lowest BCUT2D eigenvalue weighted by atomic mass is 10.00. The van der Waals surface area contributed by atoms with Crippen molar-refractivity contribution in [3.05, 3.63) is 48.3 Å². The van der Waals surface area contributed by atoms with E-state index in [1.165, 1.54) is 0 Å². The van der Waals surface area contributed by atoms with E-state index in [0.29, 0.717) is 17.4 Å². The molecular weight excluding hydrogens is 282 g/mol. The Bertz CT molecular complexity index is 748. The van der Waals surface area contributed by atoms with Gasteiger partial charge in [-0.25, -0.2) is 0 Å². The Morgan fingerprint density at radius 2 is 2.09 bits per heavy atom. The lowest BCUT2D eigenvalue weighted by Crippen LogP contribution is -2.30. The van der Waals surface area contributed by atoms with Crippen LogP contribution in [-0.2, 0) is 12.6 Å². The molecule has 7 nitrogen and oxygen atoms in total. The lowest BCUT2D eigenvalue weighted by molar-refractivity contribution is 0.0712. The average molecular weight is 299 g/mol. The van der Waals surface area contributed by atoms with Gasteiger partial charge in [0.05, 0.1) is 12.7 Å². The van der Waals surface area contributed by atoms with E-state index in [0.717, 1.165) is 5.56 Å². The quantitative estimate of drug-likeness (QED) is 0.746. The third kappa shape index (κ3) is 2.99. The fourth-order valence-electron chi connectivity index (χ4n) is 2.05. The first-order valence-electron chi connectivity index (χ1n) is 6.89. The monoisotopic (exact) mass is 299 g/mol. The van der Waals surface area contributed by atoms with E-state index in [1.54, 1.807) is 31.0 Å². The molecule has 0 fully saturated rings. The van der Waals surface area contributed by atoms with Crippen molar-refractivity contribution in [3.63, 3.8) is 0 Å². The molecule has 2 N–H and O–H groups in total. The molecule has 1 atom stereocenters. The molecule has 0 bridgehead atoms. The fraction of sp³-hybridized carbons (Fsp3) is 0.267. The molecule has 1 unspecified atom stereocenters. The van der Waals surface area contributed by atoms with Crippen LogP contribution in [0.25, 0.3) is 11.5 Å². The fourth-order valence-corrected chi connectivity index (χ4v) is 2.05. The summed E-state index contributed by atoms with van der Waals surface area (Å²) >= 11 is 0. The third-order valence-corrected chi connectivity index (χ3v) is 3.36. The Morgan fingerprint density at radius 3 is 2.77 bits per heavy atom. The largest absolute Gasteiger partial charge is 0.383 e. The summed E-state index contributed by atoms with van der Waals surface area (Å²) in [4.78, 5) is 4.26. The second-order valence-electron chi connectivity index (χ2n) is 5.32. The number of nitrogens with one attached hydrogen (secondary N) is 1. The van der Waals surface area contributed by atoms with E-state index in [2.05, 4.69) is 20.6 Å². The highest BCUT2D eigenvalue weighted by Crippen LogP contribution is 2.21. The summed E-state index contributed by atoms with van der Waals surface area (Å²) in [6.07, 6.45) is 3.40. The minimum Gasteiger partial charge on any atom is -0.383 e. The van der Waals surface area contributed by atoms with E-state index in [-0.39, 0.29) is 6.54 Å². The van der Waals surface area contributed by atoms with E-state index < -0.39 is 5.60 Å². The van der Waals surface area contributed by atoms with Crippen LogP contribution in [0.4, 0.5) is 5.95 Å². The van der Waals surface area contributed by atoms with Crippen molar-refractivity contribution < 1.29 is 9.63 Å². The Morgan fingerprint density at radius 1 is 1.32 bits per heavy atom. The highest BCUT2D eigenvalue weighted by Gasteiger charge is 2.25. The molecule has 0 aliphatic heterocycles. The van der Waals surface area contributed by atoms with Gasteiger partial charge in [-0.3, -0.25) is 4.68 Å². The summed E-state index contributed by atoms with van der Waals surface area (Å²) in [7, 11) is 1.80. The molecule has 0 amide bonds. The predicted octanol–water partition coefficient (Wildman–Crippen LogP) is 1.79. The first-order valence-corrected chi connectivity index (χ1v) is 6.89. The zero-order valence-corrected chi connectivity index (χ0v) is 12.4. The molecule has 0 aliphatic carbocycles. The van der Waals surface area contributed by atoms with Gasteiger partial charge in [0.15, 0.2) is 0 Å². The molecule has 0 saturated heterocycles. The van der Waals surface area contributed by atoms with Crippen molar-refractivity contribution in [3.8, 4) is 11.5 Å². The van der Waals surface area contributed by atoms with Gasteiger partial charge in [-0.2, -0.15) is 10.1 Å². The maximum Gasteiger partial charge on any atom is 0.263 e. The second-order valence-corrected chi connectivity index (χ2v) is 5.32. The highest BCUT2D eigenvalue weighted by atomic mass is 16.5. The standard InChI is InChI=1S/C15H17N5O2/c1-15(21,12-8-17-20(2)9-12)10-16-14-18-13(22-19-14)11-6-4-3-5-7-11/h3-9,21H,10H2,1-2H3,(H,16,19). The zero-order chi connectivity index (χ0) is 15.6. The summed E-state index contributed by atoms with van der Waals surface area (Å²) in [6.45, 7) is 1.95. The van der Waals surface area contributed by atoms with Crippen molar-refractivity contribution in [1.29, 1.82) is 0 Å². The first kappa shape index (κ1) is 14.3. The summed E-state index contributed by atoms with van der Waals surface area (Å²) in [5, 5.41) is 21.4. The Hall–Kier alpha value is -2.67.